The van der Waals surface area contributed by atoms with Gasteiger partial charge in [0.25, 0.3) is 0 Å². The van der Waals surface area contributed by atoms with Crippen molar-refractivity contribution < 1.29 is 38.1 Å². The molecule has 2 saturated carbocycles. The summed E-state index contributed by atoms with van der Waals surface area (Å²) in [7, 11) is 2.86. The Morgan fingerprint density at radius 1 is 1.03 bits per heavy atom. The highest BCUT2D eigenvalue weighted by atomic mass is 32.1. The number of carbonyl (C=O) groups is 4. The first-order valence-corrected chi connectivity index (χ1v) is 21.2. The predicted molar refractivity (Wildman–Crippen MR) is 223 cm³/mol. The normalized spacial score (nSPS) is 21.9. The number of likely N-dealkylation sites (tertiary alicyclic amines) is 1. The Hall–Kier alpha value is -5.18. The predicted octanol–water partition coefficient (Wildman–Crippen LogP) is 6.94. The van der Waals surface area contributed by atoms with Gasteiger partial charge in [0.05, 0.1) is 32.0 Å². The van der Waals surface area contributed by atoms with Crippen LogP contribution in [0.3, 0.4) is 0 Å². The van der Waals surface area contributed by atoms with Crippen molar-refractivity contribution in [3.63, 3.8) is 0 Å². The van der Waals surface area contributed by atoms with E-state index in [1.807, 2.05) is 49.6 Å². The number of methoxy groups -OCH3 is 2. The Bertz CT molecular complexity index is 1980. The third-order valence-electron chi connectivity index (χ3n) is 11.1. The number of hydrogen-bond acceptors (Lipinski definition) is 12. The maximum absolute atomic E-state index is 14.7. The van der Waals surface area contributed by atoms with Gasteiger partial charge in [-0.05, 0) is 77.3 Å². The van der Waals surface area contributed by atoms with Crippen molar-refractivity contribution in [3.8, 4) is 22.9 Å². The smallest absolute Gasteiger partial charge is 0.408 e. The van der Waals surface area contributed by atoms with Crippen molar-refractivity contribution in [2.24, 2.45) is 5.92 Å². The molecular weight excluding hydrogens is 761 g/mol. The lowest BCUT2D eigenvalue weighted by Crippen LogP contribution is -2.56. The van der Waals surface area contributed by atoms with Crippen LogP contribution in [0.4, 0.5) is 9.93 Å². The number of carbonyl (C=O) groups excluding carboxylic acids is 4. The third-order valence-corrected chi connectivity index (χ3v) is 11.8. The number of alkyl carbamates (subject to hydrolysis) is 1. The van der Waals surface area contributed by atoms with Crippen molar-refractivity contribution in [3.05, 3.63) is 55.0 Å². The standard InChI is InChI=1S/C43H56N6O8S/c1-7-9-10-11-12-17-32(47-42(53)57-28-15-13-14-16-28)39(51)49-24-30(21-36(49)38(50)48-43(40(52)55-6)23-27(43)8-2)56-37-22-34(35-25-58-41(46-35)44-26(3)4)45-33-20-29(54-5)18-19-31(33)37/h7-8,18-20,22,25-28,30,32,36H,1-2,9-17,21,23-24H2,3-6H3,(H,44,46)(H,47,53)(H,48,50)/t27-,30+,32+,36+,43-/m1/s1. The van der Waals surface area contributed by atoms with Crippen molar-refractivity contribution >= 4 is 51.2 Å². The van der Waals surface area contributed by atoms with Crippen LogP contribution in [0.15, 0.2) is 55.0 Å². The van der Waals surface area contributed by atoms with Gasteiger partial charge in [0.15, 0.2) is 5.13 Å². The van der Waals surface area contributed by atoms with Crippen LogP contribution in [0.5, 0.6) is 11.5 Å². The molecule has 1 aromatic carbocycles. The number of nitrogens with one attached hydrogen (secondary N) is 3. The molecular formula is C43H56N6O8S. The summed E-state index contributed by atoms with van der Waals surface area (Å²) >= 11 is 1.47. The molecule has 3 aromatic rings. The van der Waals surface area contributed by atoms with E-state index in [0.29, 0.717) is 53.1 Å². The fraction of sp³-hybridized carbons (Fsp3) is 0.535. The molecule has 6 rings (SSSR count). The third kappa shape index (κ3) is 9.91. The number of nitrogens with zero attached hydrogens (tertiary/aromatic N) is 3. The molecule has 0 radical (unpaired) electrons. The first-order chi connectivity index (χ1) is 28.0. The van der Waals surface area contributed by atoms with Gasteiger partial charge < -0.3 is 39.8 Å². The molecule has 3 fully saturated rings. The van der Waals surface area contributed by atoms with E-state index in [4.69, 9.17) is 28.9 Å². The maximum Gasteiger partial charge on any atom is 0.408 e. The van der Waals surface area contributed by atoms with Gasteiger partial charge in [-0.2, -0.15) is 0 Å². The van der Waals surface area contributed by atoms with Crippen LogP contribution in [0.25, 0.3) is 22.3 Å². The van der Waals surface area contributed by atoms with Crippen LogP contribution in [-0.4, -0.2) is 95.4 Å². The summed E-state index contributed by atoms with van der Waals surface area (Å²) in [5.74, 6) is -0.751. The number of esters is 1. The molecule has 0 spiro atoms. The summed E-state index contributed by atoms with van der Waals surface area (Å²) in [6.07, 6.45) is 9.51. The molecule has 58 heavy (non-hydrogen) atoms. The van der Waals surface area contributed by atoms with Crippen molar-refractivity contribution in [2.75, 3.05) is 26.1 Å². The summed E-state index contributed by atoms with van der Waals surface area (Å²) in [6, 6.07) is 5.53. The fourth-order valence-electron chi connectivity index (χ4n) is 7.88. The molecule has 2 aromatic heterocycles. The second-order valence-corrected chi connectivity index (χ2v) is 16.5. The van der Waals surface area contributed by atoms with E-state index in [-0.39, 0.29) is 31.0 Å². The molecule has 15 heteroatoms. The summed E-state index contributed by atoms with van der Waals surface area (Å²) in [5, 5.41) is 12.5. The van der Waals surface area contributed by atoms with E-state index in [9.17, 15) is 19.2 Å². The molecule has 312 valence electrons. The second-order valence-electron chi connectivity index (χ2n) is 15.6. The number of thiazole rings is 1. The quantitative estimate of drug-likeness (QED) is 0.0651. The Kier molecular flexibility index (Phi) is 13.9. The van der Waals surface area contributed by atoms with Gasteiger partial charge in [0, 0.05) is 41.3 Å². The minimum Gasteiger partial charge on any atom is -0.497 e. The molecule has 0 unspecified atom stereocenters. The number of rotatable bonds is 19. The number of hydrogen-bond donors (Lipinski definition) is 3. The number of pyridine rings is 1. The monoisotopic (exact) mass is 816 g/mol. The topological polar surface area (TPSA) is 170 Å². The molecule has 1 aliphatic heterocycles. The molecule has 5 atom stereocenters. The number of unbranched alkanes of at least 4 members (excludes halogenated alkanes) is 3. The van der Waals surface area contributed by atoms with Gasteiger partial charge in [0.1, 0.15) is 47.0 Å². The van der Waals surface area contributed by atoms with Gasteiger partial charge in [-0.15, -0.1) is 24.5 Å². The van der Waals surface area contributed by atoms with E-state index in [1.54, 1.807) is 13.2 Å². The van der Waals surface area contributed by atoms with Crippen LogP contribution in [0.2, 0.25) is 0 Å². The minimum atomic E-state index is -1.28. The molecule has 3 aliphatic rings. The van der Waals surface area contributed by atoms with Gasteiger partial charge in [-0.25, -0.2) is 19.6 Å². The zero-order chi connectivity index (χ0) is 41.4. The van der Waals surface area contributed by atoms with Gasteiger partial charge in [-0.3, -0.25) is 9.59 Å². The van der Waals surface area contributed by atoms with Gasteiger partial charge >= 0.3 is 12.1 Å². The summed E-state index contributed by atoms with van der Waals surface area (Å²) in [6.45, 7) is 11.8. The molecule has 1 saturated heterocycles. The van der Waals surface area contributed by atoms with Crippen molar-refractivity contribution in [2.45, 2.75) is 120 Å². The van der Waals surface area contributed by atoms with Crippen molar-refractivity contribution in [1.29, 1.82) is 0 Å². The highest BCUT2D eigenvalue weighted by Crippen LogP contribution is 2.46. The lowest BCUT2D eigenvalue weighted by Gasteiger charge is -2.29. The van der Waals surface area contributed by atoms with Crippen LogP contribution in [0, 0.1) is 5.92 Å². The number of anilines is 1. The van der Waals surface area contributed by atoms with Crippen LogP contribution < -0.4 is 25.4 Å². The largest absolute Gasteiger partial charge is 0.497 e. The lowest BCUT2D eigenvalue weighted by molar-refractivity contribution is -0.148. The summed E-state index contributed by atoms with van der Waals surface area (Å²) in [5.41, 5.74) is 0.573. The SMILES string of the molecule is C=CCCCCC[C@H](NC(=O)OC1CCCC1)C(=O)N1C[C@@H](Oc2cc(-c3csc(NC(C)C)n3)nc3cc(OC)ccc23)C[C@H]1C(=O)N[C@]1(C(=O)OC)C[C@H]1C=C. The lowest BCUT2D eigenvalue weighted by atomic mass is 10.0. The van der Waals surface area contributed by atoms with E-state index in [0.717, 1.165) is 50.1 Å². The number of benzene rings is 1. The van der Waals surface area contributed by atoms with Crippen molar-refractivity contribution in [1.82, 2.24) is 25.5 Å². The first-order valence-electron chi connectivity index (χ1n) is 20.3. The molecule has 3 heterocycles. The Balaban J connectivity index is 1.31. The zero-order valence-corrected chi connectivity index (χ0v) is 34.7. The van der Waals surface area contributed by atoms with E-state index < -0.39 is 47.6 Å². The van der Waals surface area contributed by atoms with Gasteiger partial charge in [-0.1, -0.05) is 25.0 Å². The average Bonchev–Trinajstić information content (AvgIpc) is 3.63. The number of fused-ring (bicyclic) bond motifs is 1. The summed E-state index contributed by atoms with van der Waals surface area (Å²) in [4.78, 5) is 66.4. The molecule has 14 nitrogen and oxygen atoms in total. The number of ether oxygens (including phenoxy) is 4. The van der Waals surface area contributed by atoms with Crippen LogP contribution >= 0.6 is 11.3 Å². The Labute approximate surface area is 344 Å². The molecule has 0 bridgehead atoms. The highest BCUT2D eigenvalue weighted by molar-refractivity contribution is 7.14. The van der Waals surface area contributed by atoms with Gasteiger partial charge in [0.2, 0.25) is 11.8 Å². The average molecular weight is 817 g/mol. The number of aromatic nitrogens is 2. The first kappa shape index (κ1) is 42.4. The van der Waals surface area contributed by atoms with Crippen LogP contribution in [-0.2, 0) is 23.9 Å². The van der Waals surface area contributed by atoms with E-state index >= 15 is 0 Å². The highest BCUT2D eigenvalue weighted by Gasteiger charge is 2.62. The number of allylic oxidation sites excluding steroid dienone is 1. The molecule has 3 amide bonds. The Morgan fingerprint density at radius 3 is 2.52 bits per heavy atom. The molecule has 2 aliphatic carbocycles. The van der Waals surface area contributed by atoms with E-state index in [1.165, 1.54) is 23.3 Å². The zero-order valence-electron chi connectivity index (χ0n) is 33.9. The minimum absolute atomic E-state index is 0.0355. The van der Waals surface area contributed by atoms with Crippen LogP contribution in [0.1, 0.15) is 84.5 Å². The number of amides is 3. The van der Waals surface area contributed by atoms with E-state index in [2.05, 4.69) is 29.1 Å². The second kappa shape index (κ2) is 19.0. The summed E-state index contributed by atoms with van der Waals surface area (Å²) < 4.78 is 23.1. The maximum atomic E-state index is 14.7. The Morgan fingerprint density at radius 2 is 1.83 bits per heavy atom. The fourth-order valence-corrected chi connectivity index (χ4v) is 8.74. The molecule has 3 N–H and O–H groups in total.